The van der Waals surface area contributed by atoms with Crippen LogP contribution < -0.4 is 5.73 Å². The molecule has 0 aromatic rings. The fourth-order valence-corrected chi connectivity index (χ4v) is 0.0315. The summed E-state index contributed by atoms with van der Waals surface area (Å²) in [7, 11) is 0. The quantitative estimate of drug-likeness (QED) is 0.566. The molecule has 0 unspecified atom stereocenters. The first-order valence-electron chi connectivity index (χ1n) is 1.50. The van der Waals surface area contributed by atoms with Gasteiger partial charge in [-0.3, -0.25) is 0 Å². The zero-order valence-electron chi connectivity index (χ0n) is 3.33. The predicted octanol–water partition coefficient (Wildman–Crippen LogP) is 0.439. The van der Waals surface area contributed by atoms with Gasteiger partial charge in [0.15, 0.2) is 0 Å². The van der Waals surface area contributed by atoms with E-state index in [4.69, 9.17) is 0 Å². The van der Waals surface area contributed by atoms with Gasteiger partial charge in [0.05, 0.1) is 6.54 Å². The molecular weight excluding hydrogens is 111 g/mol. The van der Waals surface area contributed by atoms with E-state index in [0.717, 1.165) is 0 Å². The third kappa shape index (κ3) is 2.41. The largest absolute Gasteiger partial charge is 0.398 e. The van der Waals surface area contributed by atoms with Crippen molar-refractivity contribution in [1.29, 1.82) is 0 Å². The Kier molecular flexibility index (Phi) is 2.04. The van der Waals surface area contributed by atoms with Gasteiger partial charge in [-0.05, 0) is 4.53 Å². The Morgan fingerprint density at radius 3 is 2.00 bits per heavy atom. The maximum absolute atomic E-state index is 11.2. The Bertz CT molecular complexity index is 50.9. The molecule has 0 bridgehead atoms. The summed E-state index contributed by atoms with van der Waals surface area (Å²) in [5.41, 5.74) is 4.30. The van der Waals surface area contributed by atoms with Crippen LogP contribution in [0.4, 0.5) is 13.3 Å². The van der Waals surface area contributed by atoms with Crippen LogP contribution in [0, 0.1) is 0 Å². The minimum atomic E-state index is -3.81. The lowest BCUT2D eigenvalue weighted by Gasteiger charge is -2.03. The Hall–Kier alpha value is -0.290. The summed E-state index contributed by atoms with van der Waals surface area (Å²) < 4.78 is 32.8. The van der Waals surface area contributed by atoms with Gasteiger partial charge in [0.25, 0.3) is 0 Å². The van der Waals surface area contributed by atoms with Gasteiger partial charge < -0.3 is 5.73 Å². The summed E-state index contributed by atoms with van der Waals surface area (Å²) in [6.45, 7) is -1.14. The van der Waals surface area contributed by atoms with Crippen molar-refractivity contribution in [1.82, 2.24) is 0 Å². The maximum Gasteiger partial charge on any atom is 0.398 e. The Balaban J connectivity index is 3.36. The third-order valence-electron chi connectivity index (χ3n) is 0.351. The Morgan fingerprint density at radius 2 is 2.00 bits per heavy atom. The van der Waals surface area contributed by atoms with Crippen molar-refractivity contribution in [2.75, 3.05) is 6.54 Å². The van der Waals surface area contributed by atoms with Gasteiger partial charge in [-0.2, -0.15) is 8.78 Å². The van der Waals surface area contributed by atoms with Crippen LogP contribution in [0.3, 0.4) is 0 Å². The molecule has 5 heteroatoms. The fourth-order valence-electron chi connectivity index (χ4n) is 0.0315. The fraction of sp³-hybridized carbons (Fsp3) is 1.00. The number of nitrogens with two attached hydrogens (primary N) is 1. The van der Waals surface area contributed by atoms with Crippen molar-refractivity contribution in [3.63, 3.8) is 0 Å². The van der Waals surface area contributed by atoms with Gasteiger partial charge in [-0.25, -0.2) is 0 Å². The summed E-state index contributed by atoms with van der Waals surface area (Å²) in [4.78, 5) is 2.13. The maximum atomic E-state index is 11.2. The standard InChI is InChI=1S/C2H4F3NO/c3-2(4,1-6)7-5/h1,6H2. The lowest BCUT2D eigenvalue weighted by molar-refractivity contribution is -0.348. The molecule has 0 spiro atoms. The second-order valence-electron chi connectivity index (χ2n) is 0.919. The summed E-state index contributed by atoms with van der Waals surface area (Å²) in [5, 5.41) is 0. The highest BCUT2D eigenvalue weighted by Crippen LogP contribution is 2.11. The topological polar surface area (TPSA) is 35.2 Å². The van der Waals surface area contributed by atoms with Crippen LogP contribution in [0.2, 0.25) is 0 Å². The van der Waals surface area contributed by atoms with Crippen LogP contribution in [0.15, 0.2) is 0 Å². The van der Waals surface area contributed by atoms with Crippen molar-refractivity contribution >= 4 is 0 Å². The highest BCUT2D eigenvalue weighted by molar-refractivity contribution is 4.46. The smallest absolute Gasteiger partial charge is 0.323 e. The van der Waals surface area contributed by atoms with Gasteiger partial charge >= 0.3 is 6.11 Å². The number of rotatable bonds is 2. The number of hydrogen-bond acceptors (Lipinski definition) is 2. The van der Waals surface area contributed by atoms with Crippen LogP contribution >= 0.6 is 0 Å². The Labute approximate surface area is 38.0 Å². The Morgan fingerprint density at radius 1 is 1.57 bits per heavy atom. The molecule has 0 rings (SSSR count). The summed E-state index contributed by atoms with van der Waals surface area (Å²) in [6.07, 6.45) is -3.81. The van der Waals surface area contributed by atoms with Crippen LogP contribution in [-0.4, -0.2) is 12.7 Å². The van der Waals surface area contributed by atoms with E-state index in [0.29, 0.717) is 0 Å². The SMILES string of the molecule is NCC(F)(F)OF. The molecule has 0 saturated carbocycles. The highest BCUT2D eigenvalue weighted by atomic mass is 19.4. The van der Waals surface area contributed by atoms with Crippen molar-refractivity contribution in [3.05, 3.63) is 0 Å². The third-order valence-corrected chi connectivity index (χ3v) is 0.351. The molecule has 7 heavy (non-hydrogen) atoms. The van der Waals surface area contributed by atoms with E-state index in [1.807, 2.05) is 0 Å². The molecule has 0 saturated heterocycles. The molecule has 44 valence electrons. The normalized spacial score (nSPS) is 12.0. The molecule has 0 radical (unpaired) electrons. The zero-order valence-corrected chi connectivity index (χ0v) is 3.33. The molecular formula is C2H4F3NO. The first-order chi connectivity index (χ1) is 3.12. The molecule has 0 aliphatic carbocycles. The molecule has 0 aromatic heterocycles. The van der Waals surface area contributed by atoms with Crippen molar-refractivity contribution in [3.8, 4) is 0 Å². The van der Waals surface area contributed by atoms with Gasteiger partial charge in [0.2, 0.25) is 0 Å². The van der Waals surface area contributed by atoms with Crippen LogP contribution in [0.25, 0.3) is 0 Å². The minimum Gasteiger partial charge on any atom is -0.323 e. The van der Waals surface area contributed by atoms with E-state index in [2.05, 4.69) is 10.7 Å². The molecule has 2 nitrogen and oxygen atoms in total. The molecule has 0 heterocycles. The first kappa shape index (κ1) is 6.71. The molecule has 0 atom stereocenters. The molecule has 0 aromatic carbocycles. The molecule has 0 aliphatic heterocycles. The van der Waals surface area contributed by atoms with Gasteiger partial charge in [0, 0.05) is 0 Å². The van der Waals surface area contributed by atoms with E-state index in [9.17, 15) is 13.3 Å². The van der Waals surface area contributed by atoms with Crippen LogP contribution in [0.5, 0.6) is 0 Å². The average molecular weight is 115 g/mol. The molecule has 0 amide bonds. The van der Waals surface area contributed by atoms with E-state index in [-0.39, 0.29) is 0 Å². The molecule has 0 aliphatic rings. The summed E-state index contributed by atoms with van der Waals surface area (Å²) >= 11 is 0. The van der Waals surface area contributed by atoms with Gasteiger partial charge in [-0.1, -0.05) is 0 Å². The predicted molar refractivity (Wildman–Crippen MR) is 16.2 cm³/mol. The first-order valence-corrected chi connectivity index (χ1v) is 1.50. The molecule has 2 N–H and O–H groups in total. The van der Waals surface area contributed by atoms with E-state index in [1.165, 1.54) is 0 Å². The lowest BCUT2D eigenvalue weighted by atomic mass is 10.6. The minimum absolute atomic E-state index is 1.14. The van der Waals surface area contributed by atoms with Gasteiger partial charge in [-0.15, -0.1) is 4.94 Å². The van der Waals surface area contributed by atoms with Gasteiger partial charge in [0.1, 0.15) is 0 Å². The second-order valence-corrected chi connectivity index (χ2v) is 0.919. The van der Waals surface area contributed by atoms with E-state index < -0.39 is 12.7 Å². The summed E-state index contributed by atoms with van der Waals surface area (Å²) in [6, 6.07) is 0. The number of hydrogen-bond donors (Lipinski definition) is 1. The van der Waals surface area contributed by atoms with Crippen molar-refractivity contribution in [2.24, 2.45) is 5.73 Å². The zero-order chi connectivity index (χ0) is 5.91. The lowest BCUT2D eigenvalue weighted by Crippen LogP contribution is -2.27. The van der Waals surface area contributed by atoms with Crippen molar-refractivity contribution in [2.45, 2.75) is 6.11 Å². The van der Waals surface area contributed by atoms with E-state index in [1.54, 1.807) is 0 Å². The second kappa shape index (κ2) is 2.13. The van der Waals surface area contributed by atoms with Crippen molar-refractivity contribution < 1.29 is 18.2 Å². The number of alkyl halides is 2. The number of halogens is 3. The monoisotopic (exact) mass is 115 g/mol. The van der Waals surface area contributed by atoms with E-state index >= 15 is 0 Å². The molecule has 0 fully saturated rings. The average Bonchev–Trinajstić information content (AvgIpc) is 1.68. The van der Waals surface area contributed by atoms with Crippen LogP contribution in [-0.2, 0) is 4.94 Å². The van der Waals surface area contributed by atoms with Crippen LogP contribution in [0.1, 0.15) is 0 Å². The summed E-state index contributed by atoms with van der Waals surface area (Å²) in [5.74, 6) is 0. The highest BCUT2D eigenvalue weighted by Gasteiger charge is 2.28.